The van der Waals surface area contributed by atoms with Gasteiger partial charge in [-0.1, -0.05) is 46.2 Å². The molecule has 0 unspecified atom stereocenters. The predicted molar refractivity (Wildman–Crippen MR) is 119 cm³/mol. The van der Waals surface area contributed by atoms with Crippen LogP contribution >= 0.6 is 11.3 Å². The molecule has 0 aliphatic rings. The lowest BCUT2D eigenvalue weighted by atomic mass is 9.87. The number of thiazole rings is 1. The fraction of sp³-hybridized carbons (Fsp3) is 0.524. The van der Waals surface area contributed by atoms with Gasteiger partial charge in [0.15, 0.2) is 5.13 Å². The fourth-order valence-electron chi connectivity index (χ4n) is 2.74. The lowest BCUT2D eigenvalue weighted by Gasteiger charge is -2.23. The normalized spacial score (nSPS) is 12.4. The minimum atomic E-state index is -3.77. The van der Waals surface area contributed by atoms with E-state index in [9.17, 15) is 13.2 Å². The van der Waals surface area contributed by atoms with Crippen LogP contribution in [0.25, 0.3) is 0 Å². The highest BCUT2D eigenvalue weighted by Crippen LogP contribution is 2.25. The molecule has 0 saturated carbocycles. The second-order valence-electron chi connectivity index (χ2n) is 8.18. The molecule has 1 N–H and O–H groups in total. The molecule has 0 bridgehead atoms. The van der Waals surface area contributed by atoms with Crippen LogP contribution in [0, 0.1) is 13.8 Å². The van der Waals surface area contributed by atoms with Gasteiger partial charge in [-0.25, -0.2) is 13.4 Å². The Morgan fingerprint density at radius 1 is 1.17 bits per heavy atom. The smallest absolute Gasteiger partial charge is 0.243 e. The summed E-state index contributed by atoms with van der Waals surface area (Å²) in [6, 6.07) is 6.93. The fourth-order valence-corrected chi connectivity index (χ4v) is 5.01. The zero-order chi connectivity index (χ0) is 21.8. The standard InChI is InChI=1S/C21H31N3O3S2/c1-7-8-13-24(14-19(25)23-20-22-15(2)16(3)28-20)29(26,27)18-11-9-17(10-12-18)21(4,5)6/h9-12H,7-8,13-14H2,1-6H3,(H,22,23,25). The number of amides is 1. The SMILES string of the molecule is CCCCN(CC(=O)Nc1nc(C)c(C)s1)S(=O)(=O)c1ccc(C(C)(C)C)cc1. The number of hydrogen-bond acceptors (Lipinski definition) is 5. The number of unbranched alkanes of at least 4 members (excludes halogenated alkanes) is 1. The van der Waals surface area contributed by atoms with Gasteiger partial charge in [0.2, 0.25) is 15.9 Å². The number of carbonyl (C=O) groups is 1. The summed E-state index contributed by atoms with van der Waals surface area (Å²) in [5.41, 5.74) is 1.86. The molecule has 1 aromatic heterocycles. The van der Waals surface area contributed by atoms with Gasteiger partial charge in [-0.05, 0) is 43.4 Å². The van der Waals surface area contributed by atoms with Gasteiger partial charge < -0.3 is 5.32 Å². The summed E-state index contributed by atoms with van der Waals surface area (Å²) in [7, 11) is -3.77. The number of aromatic nitrogens is 1. The van der Waals surface area contributed by atoms with Crippen molar-refractivity contribution in [2.75, 3.05) is 18.4 Å². The highest BCUT2D eigenvalue weighted by molar-refractivity contribution is 7.89. The first-order valence-electron chi connectivity index (χ1n) is 9.79. The van der Waals surface area contributed by atoms with Gasteiger partial charge in [-0.15, -0.1) is 11.3 Å². The van der Waals surface area contributed by atoms with Gasteiger partial charge in [0.25, 0.3) is 0 Å². The van der Waals surface area contributed by atoms with Crippen molar-refractivity contribution >= 4 is 32.4 Å². The van der Waals surface area contributed by atoms with Crippen molar-refractivity contribution in [2.45, 2.75) is 64.7 Å². The van der Waals surface area contributed by atoms with Crippen LogP contribution in [0.4, 0.5) is 5.13 Å². The van der Waals surface area contributed by atoms with Crippen molar-refractivity contribution < 1.29 is 13.2 Å². The summed E-state index contributed by atoms with van der Waals surface area (Å²) in [6.45, 7) is 12.1. The van der Waals surface area contributed by atoms with Crippen LogP contribution in [0.3, 0.4) is 0 Å². The van der Waals surface area contributed by atoms with Gasteiger partial charge in [0.05, 0.1) is 17.1 Å². The molecule has 0 fully saturated rings. The number of nitrogens with zero attached hydrogens (tertiary/aromatic N) is 2. The van der Waals surface area contributed by atoms with E-state index in [0.29, 0.717) is 18.1 Å². The molecule has 0 atom stereocenters. The molecule has 1 aromatic carbocycles. The molecule has 8 heteroatoms. The Bertz CT molecular complexity index is 923. The zero-order valence-electron chi connectivity index (χ0n) is 18.1. The Kier molecular flexibility index (Phi) is 7.59. The molecular formula is C21H31N3O3S2. The third-order valence-corrected chi connectivity index (χ3v) is 7.56. The molecule has 2 aromatic rings. The largest absolute Gasteiger partial charge is 0.301 e. The highest BCUT2D eigenvalue weighted by Gasteiger charge is 2.27. The summed E-state index contributed by atoms with van der Waals surface area (Å²) < 4.78 is 27.6. The number of anilines is 1. The first-order chi connectivity index (χ1) is 13.4. The predicted octanol–water partition coefficient (Wildman–Crippen LogP) is 4.49. The Morgan fingerprint density at radius 3 is 2.28 bits per heavy atom. The van der Waals surface area contributed by atoms with Crippen molar-refractivity contribution in [3.63, 3.8) is 0 Å². The van der Waals surface area contributed by atoms with E-state index in [-0.39, 0.29) is 22.8 Å². The quantitative estimate of drug-likeness (QED) is 0.660. The van der Waals surface area contributed by atoms with Gasteiger partial charge in [0, 0.05) is 11.4 Å². The highest BCUT2D eigenvalue weighted by atomic mass is 32.2. The van der Waals surface area contributed by atoms with Crippen LogP contribution in [0.2, 0.25) is 0 Å². The average Bonchev–Trinajstić information content (AvgIpc) is 2.94. The molecular weight excluding hydrogens is 406 g/mol. The van der Waals surface area contributed by atoms with E-state index >= 15 is 0 Å². The lowest BCUT2D eigenvalue weighted by molar-refractivity contribution is -0.116. The van der Waals surface area contributed by atoms with Crippen LogP contribution in [0.15, 0.2) is 29.2 Å². The summed E-state index contributed by atoms with van der Waals surface area (Å²) in [5, 5.41) is 3.22. The van der Waals surface area contributed by atoms with E-state index in [0.717, 1.165) is 22.6 Å². The Balaban J connectivity index is 2.21. The number of hydrogen-bond donors (Lipinski definition) is 1. The van der Waals surface area contributed by atoms with Crippen molar-refractivity contribution in [1.82, 2.24) is 9.29 Å². The summed E-state index contributed by atoms with van der Waals surface area (Å²) >= 11 is 1.38. The molecule has 0 aliphatic heterocycles. The second-order valence-corrected chi connectivity index (χ2v) is 11.3. The number of sulfonamides is 1. The van der Waals surface area contributed by atoms with E-state index in [1.165, 1.54) is 15.6 Å². The number of aryl methyl sites for hydroxylation is 2. The number of benzene rings is 1. The van der Waals surface area contributed by atoms with Crippen molar-refractivity contribution in [2.24, 2.45) is 0 Å². The molecule has 0 aliphatic carbocycles. The first kappa shape index (κ1) is 23.5. The molecule has 6 nitrogen and oxygen atoms in total. The number of carbonyl (C=O) groups excluding carboxylic acids is 1. The maximum absolute atomic E-state index is 13.2. The maximum Gasteiger partial charge on any atom is 0.243 e. The van der Waals surface area contributed by atoms with Crippen LogP contribution in [-0.4, -0.2) is 36.7 Å². The van der Waals surface area contributed by atoms with Crippen molar-refractivity contribution in [3.8, 4) is 0 Å². The molecule has 160 valence electrons. The summed E-state index contributed by atoms with van der Waals surface area (Å²) in [4.78, 5) is 18.0. The van der Waals surface area contributed by atoms with E-state index in [1.807, 2.05) is 32.9 Å². The molecule has 0 radical (unpaired) electrons. The molecule has 0 saturated heterocycles. The summed E-state index contributed by atoms with van der Waals surface area (Å²) in [5.74, 6) is -0.385. The average molecular weight is 438 g/mol. The number of nitrogens with one attached hydrogen (secondary N) is 1. The second kappa shape index (κ2) is 9.36. The number of rotatable bonds is 8. The summed E-state index contributed by atoms with van der Waals surface area (Å²) in [6.07, 6.45) is 1.52. The van der Waals surface area contributed by atoms with Crippen LogP contribution in [-0.2, 0) is 20.2 Å². The third-order valence-electron chi connectivity index (χ3n) is 4.71. The first-order valence-corrected chi connectivity index (χ1v) is 12.1. The van der Waals surface area contributed by atoms with E-state index < -0.39 is 10.0 Å². The monoisotopic (exact) mass is 437 g/mol. The van der Waals surface area contributed by atoms with Crippen LogP contribution < -0.4 is 5.32 Å². The molecule has 0 spiro atoms. The Morgan fingerprint density at radius 2 is 1.79 bits per heavy atom. The van der Waals surface area contributed by atoms with E-state index in [4.69, 9.17) is 0 Å². The van der Waals surface area contributed by atoms with Crippen LogP contribution in [0.5, 0.6) is 0 Å². The molecule has 1 amide bonds. The maximum atomic E-state index is 13.2. The minimum absolute atomic E-state index is 0.0615. The Hall–Kier alpha value is -1.77. The van der Waals surface area contributed by atoms with E-state index in [2.05, 4.69) is 31.1 Å². The van der Waals surface area contributed by atoms with E-state index in [1.54, 1.807) is 12.1 Å². The Labute approximate surface area is 178 Å². The van der Waals surface area contributed by atoms with Gasteiger partial charge in [-0.2, -0.15) is 4.31 Å². The van der Waals surface area contributed by atoms with Crippen molar-refractivity contribution in [1.29, 1.82) is 0 Å². The zero-order valence-corrected chi connectivity index (χ0v) is 19.7. The molecule has 2 rings (SSSR count). The van der Waals surface area contributed by atoms with Gasteiger partial charge >= 0.3 is 0 Å². The third kappa shape index (κ3) is 6.10. The minimum Gasteiger partial charge on any atom is -0.301 e. The molecule has 29 heavy (non-hydrogen) atoms. The van der Waals surface area contributed by atoms with Crippen molar-refractivity contribution in [3.05, 3.63) is 40.4 Å². The molecule has 1 heterocycles. The van der Waals surface area contributed by atoms with Gasteiger partial charge in [-0.3, -0.25) is 4.79 Å². The topological polar surface area (TPSA) is 79.4 Å². The lowest BCUT2D eigenvalue weighted by Crippen LogP contribution is -2.38. The van der Waals surface area contributed by atoms with Gasteiger partial charge in [0.1, 0.15) is 0 Å². The van der Waals surface area contributed by atoms with Crippen LogP contribution in [0.1, 0.15) is 56.7 Å².